The van der Waals surface area contributed by atoms with E-state index in [0.29, 0.717) is 11.8 Å². The van der Waals surface area contributed by atoms with Crippen LogP contribution in [0.1, 0.15) is 0 Å². The first kappa shape index (κ1) is 20.3. The molecular formula is C9H19NO3S6. The van der Waals surface area contributed by atoms with E-state index in [4.69, 9.17) is 9.84 Å². The maximum absolute atomic E-state index is 11.2. The number of hydrogen-bond acceptors (Lipinski definition) is 9. The maximum atomic E-state index is 11.2. The highest BCUT2D eigenvalue weighted by Gasteiger charge is 2.00. The summed E-state index contributed by atoms with van der Waals surface area (Å²) in [4.78, 5) is 11.2. The van der Waals surface area contributed by atoms with Crippen LogP contribution in [0.4, 0.5) is 4.79 Å². The topological polar surface area (TPSA) is 58.6 Å². The van der Waals surface area contributed by atoms with Crippen LogP contribution in [0.15, 0.2) is 0 Å². The second kappa shape index (κ2) is 17.4. The molecule has 0 fully saturated rings. The van der Waals surface area contributed by atoms with Crippen LogP contribution in [0, 0.1) is 0 Å². The minimum Gasteiger partial charge on any atom is -0.438 e. The number of thioether (sulfide) groups is 6. The van der Waals surface area contributed by atoms with Crippen LogP contribution >= 0.6 is 70.6 Å². The van der Waals surface area contributed by atoms with E-state index in [0.717, 1.165) is 20.3 Å². The summed E-state index contributed by atoms with van der Waals surface area (Å²) in [6, 6.07) is 0. The van der Waals surface area contributed by atoms with Crippen molar-refractivity contribution in [3.63, 3.8) is 0 Å². The van der Waals surface area contributed by atoms with Crippen molar-refractivity contribution < 1.29 is 14.6 Å². The van der Waals surface area contributed by atoms with Gasteiger partial charge in [0, 0.05) is 20.3 Å². The Morgan fingerprint density at radius 3 is 2.47 bits per heavy atom. The molecule has 0 aliphatic heterocycles. The molecule has 0 saturated carbocycles. The molecule has 10 heteroatoms. The van der Waals surface area contributed by atoms with Gasteiger partial charge in [0.05, 0.1) is 11.8 Å². The van der Waals surface area contributed by atoms with Crippen LogP contribution in [-0.2, 0) is 4.74 Å². The second-order valence-corrected chi connectivity index (χ2v) is 9.95. The van der Waals surface area contributed by atoms with Crippen molar-refractivity contribution in [1.29, 1.82) is 0 Å². The van der Waals surface area contributed by atoms with E-state index in [1.54, 1.807) is 11.8 Å². The first-order chi connectivity index (χ1) is 9.31. The van der Waals surface area contributed by atoms with Crippen molar-refractivity contribution in [3.8, 4) is 0 Å². The average molecular weight is 382 g/mol. The lowest BCUT2D eigenvalue weighted by molar-refractivity contribution is 0.168. The predicted octanol–water partition coefficient (Wildman–Crippen LogP) is 3.44. The molecule has 0 atom stereocenters. The number of hydrogen-bond donors (Lipinski definition) is 2. The fraction of sp³-hybridized carbons (Fsp3) is 0.889. The molecule has 0 aromatic carbocycles. The Hall–Kier alpha value is 1.33. The van der Waals surface area contributed by atoms with Crippen molar-refractivity contribution in [2.45, 2.75) is 0 Å². The van der Waals surface area contributed by atoms with E-state index in [-0.39, 0.29) is 12.0 Å². The number of aliphatic hydroxyl groups is 1. The highest BCUT2D eigenvalue weighted by atomic mass is 32.2. The van der Waals surface area contributed by atoms with Crippen LogP contribution in [-0.4, -0.2) is 55.5 Å². The van der Waals surface area contributed by atoms with Gasteiger partial charge in [-0.05, 0) is 6.26 Å². The van der Waals surface area contributed by atoms with E-state index >= 15 is 0 Å². The van der Waals surface area contributed by atoms with E-state index in [1.165, 1.54) is 23.5 Å². The summed E-state index contributed by atoms with van der Waals surface area (Å²) >= 11 is 10.1. The monoisotopic (exact) mass is 381 g/mol. The Bertz CT molecular complexity index is 212. The van der Waals surface area contributed by atoms with Gasteiger partial charge < -0.3 is 15.2 Å². The molecule has 0 aromatic rings. The zero-order valence-corrected chi connectivity index (χ0v) is 15.6. The zero-order valence-electron chi connectivity index (χ0n) is 10.7. The molecule has 0 aliphatic rings. The minimum absolute atomic E-state index is 0.0999. The Morgan fingerprint density at radius 1 is 1.05 bits per heavy atom. The molecule has 19 heavy (non-hydrogen) atoms. The maximum Gasteiger partial charge on any atom is 0.408 e. The van der Waals surface area contributed by atoms with E-state index in [9.17, 15) is 4.79 Å². The van der Waals surface area contributed by atoms with Crippen molar-refractivity contribution in [2.75, 3.05) is 44.3 Å². The number of aliphatic hydroxyl groups excluding tert-OH is 1. The Morgan fingerprint density at radius 2 is 1.74 bits per heavy atom. The van der Waals surface area contributed by atoms with Gasteiger partial charge in [-0.15, -0.1) is 58.8 Å². The number of carbonyl (C=O) groups is 1. The lowest BCUT2D eigenvalue weighted by Gasteiger charge is -2.06. The summed E-state index contributed by atoms with van der Waals surface area (Å²) in [6.07, 6.45) is 1.72. The zero-order chi connectivity index (χ0) is 14.2. The van der Waals surface area contributed by atoms with Crippen LogP contribution in [0.3, 0.4) is 0 Å². The molecular weight excluding hydrogens is 363 g/mol. The lowest BCUT2D eigenvalue weighted by atomic mass is 11.1. The molecule has 4 nitrogen and oxygen atoms in total. The van der Waals surface area contributed by atoms with Gasteiger partial charge in [0.15, 0.2) is 0 Å². The van der Waals surface area contributed by atoms with Gasteiger partial charge in [-0.3, -0.25) is 0 Å². The second-order valence-electron chi connectivity index (χ2n) is 2.78. The Balaban J connectivity index is 3.12. The largest absolute Gasteiger partial charge is 0.438 e. The quantitative estimate of drug-likeness (QED) is 0.369. The Kier molecular flexibility index (Phi) is 18.6. The fourth-order valence-corrected chi connectivity index (χ4v) is 5.86. The van der Waals surface area contributed by atoms with Crippen molar-refractivity contribution in [1.82, 2.24) is 5.32 Å². The Labute approximate surface area is 140 Å². The normalized spacial score (nSPS) is 10.4. The third kappa shape index (κ3) is 17.3. The van der Waals surface area contributed by atoms with Crippen LogP contribution in [0.2, 0.25) is 0 Å². The molecule has 0 aromatic heterocycles. The molecule has 0 unspecified atom stereocenters. The van der Waals surface area contributed by atoms with Crippen LogP contribution in [0.25, 0.3) is 0 Å². The number of alkyl carbamates (subject to hydrolysis) is 1. The third-order valence-electron chi connectivity index (χ3n) is 1.38. The smallest absolute Gasteiger partial charge is 0.408 e. The highest BCUT2D eigenvalue weighted by Crippen LogP contribution is 2.19. The van der Waals surface area contributed by atoms with Gasteiger partial charge in [0.2, 0.25) is 0 Å². The lowest BCUT2D eigenvalue weighted by Crippen LogP contribution is -2.23. The predicted molar refractivity (Wildman–Crippen MR) is 97.4 cm³/mol. The van der Waals surface area contributed by atoms with Crippen LogP contribution < -0.4 is 5.32 Å². The molecule has 0 aliphatic carbocycles. The number of ether oxygens (including phenoxy) is 1. The molecule has 0 radical (unpaired) electrons. The summed E-state index contributed by atoms with van der Waals surface area (Å²) in [6.45, 7) is 0. The number of rotatable bonds is 13. The molecule has 0 heterocycles. The molecule has 0 bridgehead atoms. The summed E-state index contributed by atoms with van der Waals surface area (Å²) < 4.78 is 4.94. The standard InChI is InChI=1S/C9H19NO3S6/c1-14-5-18-8-19-6-15-2-10-9(12)13-4-17-7-16-3-11/h11H,2-8H2,1H3,(H,10,12). The molecule has 0 spiro atoms. The molecule has 1 amide bonds. The SMILES string of the molecule is CSCSCSCSCNC(=O)OCSCSCO. The minimum atomic E-state index is -0.379. The number of amides is 1. The van der Waals surface area contributed by atoms with Crippen molar-refractivity contribution >= 4 is 76.7 Å². The van der Waals surface area contributed by atoms with E-state index in [1.807, 2.05) is 35.3 Å². The summed E-state index contributed by atoms with van der Waals surface area (Å²) in [5.41, 5.74) is 0. The molecule has 0 rings (SSSR count). The third-order valence-corrected chi connectivity index (χ3v) is 7.81. The summed E-state index contributed by atoms with van der Waals surface area (Å²) in [7, 11) is 0. The van der Waals surface area contributed by atoms with Gasteiger partial charge in [0.1, 0.15) is 5.94 Å². The van der Waals surface area contributed by atoms with Gasteiger partial charge in [-0.1, -0.05) is 0 Å². The summed E-state index contributed by atoms with van der Waals surface area (Å²) in [5.74, 6) is 1.00. The number of nitrogens with one attached hydrogen (secondary N) is 1. The van der Waals surface area contributed by atoms with Crippen LogP contribution in [0.5, 0.6) is 0 Å². The summed E-state index contributed by atoms with van der Waals surface area (Å²) in [5, 5.41) is 15.1. The van der Waals surface area contributed by atoms with Gasteiger partial charge in [-0.25, -0.2) is 4.79 Å². The molecule has 2 N–H and O–H groups in total. The molecule has 0 saturated heterocycles. The van der Waals surface area contributed by atoms with Crippen molar-refractivity contribution in [3.05, 3.63) is 0 Å². The van der Waals surface area contributed by atoms with Gasteiger partial charge in [0.25, 0.3) is 0 Å². The first-order valence-corrected chi connectivity index (χ1v) is 12.4. The van der Waals surface area contributed by atoms with E-state index in [2.05, 4.69) is 11.6 Å². The first-order valence-electron chi connectivity index (χ1n) is 5.20. The average Bonchev–Trinajstić information content (AvgIpc) is 2.41. The molecule has 114 valence electrons. The highest BCUT2D eigenvalue weighted by molar-refractivity contribution is 8.25. The van der Waals surface area contributed by atoms with Gasteiger partial charge >= 0.3 is 6.09 Å². The van der Waals surface area contributed by atoms with E-state index < -0.39 is 0 Å². The number of carbonyl (C=O) groups excluding carboxylic acids is 1. The van der Waals surface area contributed by atoms with Gasteiger partial charge in [-0.2, -0.15) is 11.8 Å². The fourth-order valence-electron chi connectivity index (χ4n) is 0.697. The van der Waals surface area contributed by atoms with Crippen molar-refractivity contribution in [2.24, 2.45) is 0 Å².